The minimum Gasteiger partial charge on any atom is -0.497 e. The van der Waals surface area contributed by atoms with Gasteiger partial charge in [-0.1, -0.05) is 54.5 Å². The van der Waals surface area contributed by atoms with Gasteiger partial charge in [-0.3, -0.25) is 0 Å². The van der Waals surface area contributed by atoms with E-state index in [4.69, 9.17) is 9.26 Å². The molecule has 0 aliphatic carbocycles. The number of methoxy groups -OCH3 is 1. The van der Waals surface area contributed by atoms with Crippen molar-refractivity contribution >= 4 is 0 Å². The second kappa shape index (κ2) is 5.83. The fourth-order valence-corrected chi connectivity index (χ4v) is 2.41. The van der Waals surface area contributed by atoms with E-state index in [0.717, 1.165) is 40.3 Å². The van der Waals surface area contributed by atoms with Crippen LogP contribution in [0.2, 0.25) is 0 Å². The van der Waals surface area contributed by atoms with Crippen LogP contribution in [0.15, 0.2) is 59.1 Å². The molecule has 0 saturated carbocycles. The average Bonchev–Trinajstić information content (AvgIpc) is 2.99. The van der Waals surface area contributed by atoms with Crippen molar-refractivity contribution in [3.63, 3.8) is 0 Å². The first-order valence-corrected chi connectivity index (χ1v) is 7.02. The van der Waals surface area contributed by atoms with E-state index >= 15 is 0 Å². The topological polar surface area (TPSA) is 35.3 Å². The Bertz CT molecular complexity index is 715. The third kappa shape index (κ3) is 2.55. The molecule has 0 spiro atoms. The standard InChI is InChI=1S/C18H17NO2/c1-3-16-17(13-9-11-15(20-2)12-10-13)18(21-19-16)14-7-5-4-6-8-14/h4-12H,3H2,1-2H3. The lowest BCUT2D eigenvalue weighted by Crippen LogP contribution is -1.88. The van der Waals surface area contributed by atoms with Crippen LogP contribution in [0.3, 0.4) is 0 Å². The highest BCUT2D eigenvalue weighted by molar-refractivity contribution is 5.81. The first-order chi connectivity index (χ1) is 10.3. The van der Waals surface area contributed by atoms with Crippen LogP contribution in [0.4, 0.5) is 0 Å². The van der Waals surface area contributed by atoms with Crippen LogP contribution in [-0.4, -0.2) is 12.3 Å². The first kappa shape index (κ1) is 13.4. The van der Waals surface area contributed by atoms with Crippen LogP contribution in [0.1, 0.15) is 12.6 Å². The molecule has 3 rings (SSSR count). The summed E-state index contributed by atoms with van der Waals surface area (Å²) in [6, 6.07) is 18.1. The second-order valence-corrected chi connectivity index (χ2v) is 4.78. The highest BCUT2D eigenvalue weighted by Gasteiger charge is 2.18. The molecule has 0 fully saturated rings. The molecule has 0 aliphatic rings. The van der Waals surface area contributed by atoms with Crippen molar-refractivity contribution < 1.29 is 9.26 Å². The molecular weight excluding hydrogens is 262 g/mol. The van der Waals surface area contributed by atoms with Crippen molar-refractivity contribution in [1.82, 2.24) is 5.16 Å². The monoisotopic (exact) mass is 279 g/mol. The van der Waals surface area contributed by atoms with Crippen molar-refractivity contribution in [2.45, 2.75) is 13.3 Å². The predicted octanol–water partition coefficient (Wildman–Crippen LogP) is 4.58. The highest BCUT2D eigenvalue weighted by Crippen LogP contribution is 2.35. The molecule has 3 heteroatoms. The van der Waals surface area contributed by atoms with Crippen LogP contribution >= 0.6 is 0 Å². The van der Waals surface area contributed by atoms with Crippen LogP contribution in [-0.2, 0) is 6.42 Å². The Hall–Kier alpha value is -2.55. The Balaban J connectivity index is 2.13. The second-order valence-electron chi connectivity index (χ2n) is 4.78. The van der Waals surface area contributed by atoms with E-state index in [1.165, 1.54) is 0 Å². The smallest absolute Gasteiger partial charge is 0.174 e. The molecule has 0 amide bonds. The molecule has 3 nitrogen and oxygen atoms in total. The maximum absolute atomic E-state index is 5.60. The number of benzene rings is 2. The molecule has 3 aromatic rings. The van der Waals surface area contributed by atoms with Gasteiger partial charge in [-0.2, -0.15) is 0 Å². The van der Waals surface area contributed by atoms with Gasteiger partial charge in [0.25, 0.3) is 0 Å². The van der Waals surface area contributed by atoms with Gasteiger partial charge in [-0.05, 0) is 24.1 Å². The Labute approximate surface area is 124 Å². The minimum atomic E-state index is 0.817. The Morgan fingerprint density at radius 2 is 1.67 bits per heavy atom. The largest absolute Gasteiger partial charge is 0.497 e. The summed E-state index contributed by atoms with van der Waals surface area (Å²) >= 11 is 0. The summed E-state index contributed by atoms with van der Waals surface area (Å²) in [4.78, 5) is 0. The molecule has 0 saturated heterocycles. The van der Waals surface area contributed by atoms with Crippen molar-refractivity contribution in [1.29, 1.82) is 0 Å². The Kier molecular flexibility index (Phi) is 3.73. The number of rotatable bonds is 4. The van der Waals surface area contributed by atoms with Crippen LogP contribution in [0.25, 0.3) is 22.5 Å². The zero-order chi connectivity index (χ0) is 14.7. The number of ether oxygens (including phenoxy) is 1. The summed E-state index contributed by atoms with van der Waals surface area (Å²) < 4.78 is 10.8. The van der Waals surface area contributed by atoms with E-state index in [1.54, 1.807) is 7.11 Å². The molecule has 0 N–H and O–H groups in total. The van der Waals surface area contributed by atoms with Gasteiger partial charge in [0.1, 0.15) is 5.75 Å². The number of aromatic nitrogens is 1. The summed E-state index contributed by atoms with van der Waals surface area (Å²) in [5.41, 5.74) is 4.16. The van der Waals surface area contributed by atoms with Gasteiger partial charge in [0.2, 0.25) is 0 Å². The van der Waals surface area contributed by atoms with Crippen molar-refractivity contribution in [3.05, 3.63) is 60.3 Å². The maximum atomic E-state index is 5.60. The number of hydrogen-bond donors (Lipinski definition) is 0. The fourth-order valence-electron chi connectivity index (χ4n) is 2.41. The summed E-state index contributed by atoms with van der Waals surface area (Å²) in [5, 5.41) is 4.22. The molecule has 0 aliphatic heterocycles. The quantitative estimate of drug-likeness (QED) is 0.701. The zero-order valence-electron chi connectivity index (χ0n) is 12.2. The van der Waals surface area contributed by atoms with E-state index in [2.05, 4.69) is 12.1 Å². The van der Waals surface area contributed by atoms with Crippen LogP contribution < -0.4 is 4.74 Å². The number of hydrogen-bond acceptors (Lipinski definition) is 3. The van der Waals surface area contributed by atoms with Gasteiger partial charge in [-0.25, -0.2) is 0 Å². The maximum Gasteiger partial charge on any atom is 0.174 e. The average molecular weight is 279 g/mol. The van der Waals surface area contributed by atoms with Crippen LogP contribution in [0.5, 0.6) is 5.75 Å². The van der Waals surface area contributed by atoms with Gasteiger partial charge in [0, 0.05) is 5.56 Å². The van der Waals surface area contributed by atoms with E-state index in [-0.39, 0.29) is 0 Å². The minimum absolute atomic E-state index is 0.817. The predicted molar refractivity (Wildman–Crippen MR) is 83.3 cm³/mol. The summed E-state index contributed by atoms with van der Waals surface area (Å²) in [6.45, 7) is 2.08. The third-order valence-electron chi connectivity index (χ3n) is 3.51. The SMILES string of the molecule is CCc1noc(-c2ccccc2)c1-c1ccc(OC)cc1. The van der Waals surface area contributed by atoms with Gasteiger partial charge in [-0.15, -0.1) is 0 Å². The number of nitrogens with zero attached hydrogens (tertiary/aromatic N) is 1. The molecule has 106 valence electrons. The fraction of sp³-hybridized carbons (Fsp3) is 0.167. The zero-order valence-corrected chi connectivity index (χ0v) is 12.2. The summed E-state index contributed by atoms with van der Waals surface area (Å²) in [6.07, 6.45) is 0.831. The molecule has 2 aromatic carbocycles. The molecule has 0 atom stereocenters. The van der Waals surface area contributed by atoms with E-state index < -0.39 is 0 Å². The molecule has 1 heterocycles. The number of aryl methyl sites for hydroxylation is 1. The van der Waals surface area contributed by atoms with Crippen molar-refractivity contribution in [2.75, 3.05) is 7.11 Å². The molecular formula is C18H17NO2. The van der Waals surface area contributed by atoms with E-state index in [1.807, 2.05) is 54.6 Å². The molecule has 0 radical (unpaired) electrons. The third-order valence-corrected chi connectivity index (χ3v) is 3.51. The summed E-state index contributed by atoms with van der Waals surface area (Å²) in [7, 11) is 1.67. The van der Waals surface area contributed by atoms with Crippen LogP contribution in [0, 0.1) is 0 Å². The lowest BCUT2D eigenvalue weighted by Gasteiger charge is -2.05. The molecule has 0 bridgehead atoms. The van der Waals surface area contributed by atoms with E-state index in [9.17, 15) is 0 Å². The highest BCUT2D eigenvalue weighted by atomic mass is 16.5. The molecule has 0 unspecified atom stereocenters. The lowest BCUT2D eigenvalue weighted by atomic mass is 9.98. The Morgan fingerprint density at radius 3 is 2.29 bits per heavy atom. The van der Waals surface area contributed by atoms with Crippen molar-refractivity contribution in [2.24, 2.45) is 0 Å². The first-order valence-electron chi connectivity index (χ1n) is 7.02. The molecule has 21 heavy (non-hydrogen) atoms. The van der Waals surface area contributed by atoms with Gasteiger partial charge in [0.15, 0.2) is 5.76 Å². The molecule has 1 aromatic heterocycles. The van der Waals surface area contributed by atoms with Crippen molar-refractivity contribution in [3.8, 4) is 28.2 Å². The Morgan fingerprint density at radius 1 is 0.952 bits per heavy atom. The van der Waals surface area contributed by atoms with Gasteiger partial charge < -0.3 is 9.26 Å². The summed E-state index contributed by atoms with van der Waals surface area (Å²) in [5.74, 6) is 1.66. The normalized spacial score (nSPS) is 10.6. The van der Waals surface area contributed by atoms with Gasteiger partial charge >= 0.3 is 0 Å². The van der Waals surface area contributed by atoms with E-state index in [0.29, 0.717) is 0 Å². The van der Waals surface area contributed by atoms with Gasteiger partial charge in [0.05, 0.1) is 18.4 Å². The lowest BCUT2D eigenvalue weighted by molar-refractivity contribution is 0.415.